The zero-order valence-electron chi connectivity index (χ0n) is 18.6. The molecule has 0 spiro atoms. The van der Waals surface area contributed by atoms with Crippen LogP contribution in [-0.4, -0.2) is 63.6 Å². The summed E-state index contributed by atoms with van der Waals surface area (Å²) < 4.78 is 0. The van der Waals surface area contributed by atoms with Crippen molar-refractivity contribution in [3.8, 4) is 22.3 Å². The van der Waals surface area contributed by atoms with Gasteiger partial charge in [0.1, 0.15) is 5.65 Å². The molecule has 33 heavy (non-hydrogen) atoms. The summed E-state index contributed by atoms with van der Waals surface area (Å²) in [5, 5.41) is 10.5. The van der Waals surface area contributed by atoms with Crippen LogP contribution >= 0.6 is 0 Å². The summed E-state index contributed by atoms with van der Waals surface area (Å²) in [6.07, 6.45) is 4.60. The number of rotatable bonds is 3. The standard InChI is InChI=1S/C27H26N4O2/c1-30-9-8-20-10-19(6-7-21(20)14-30)22-11-24-25(13-29-26(24)28-12-22)17-2-4-18(5-3-17)27(33)31-15-23(32)16-31/h2-7,10-13,23,32H,8-9,14-16H2,1H3,(H,28,29). The van der Waals surface area contributed by atoms with E-state index in [1.807, 2.05) is 36.7 Å². The third kappa shape index (κ3) is 3.61. The molecule has 1 fully saturated rings. The fourth-order valence-corrected chi connectivity index (χ4v) is 4.87. The van der Waals surface area contributed by atoms with Crippen molar-refractivity contribution in [3.05, 3.63) is 77.6 Å². The maximum atomic E-state index is 12.5. The minimum Gasteiger partial charge on any atom is -0.389 e. The molecule has 4 heterocycles. The van der Waals surface area contributed by atoms with Crippen LogP contribution in [0.15, 0.2) is 60.9 Å². The molecule has 0 radical (unpaired) electrons. The van der Waals surface area contributed by atoms with Gasteiger partial charge >= 0.3 is 0 Å². The van der Waals surface area contributed by atoms with E-state index in [-0.39, 0.29) is 5.91 Å². The Kier molecular flexibility index (Phi) is 4.78. The number of aliphatic hydroxyl groups is 1. The summed E-state index contributed by atoms with van der Waals surface area (Å²) >= 11 is 0. The van der Waals surface area contributed by atoms with E-state index in [0.29, 0.717) is 18.7 Å². The van der Waals surface area contributed by atoms with E-state index in [2.05, 4.69) is 46.2 Å². The van der Waals surface area contributed by atoms with Gasteiger partial charge in [-0.3, -0.25) is 4.79 Å². The van der Waals surface area contributed by atoms with Gasteiger partial charge in [-0.25, -0.2) is 4.98 Å². The Morgan fingerprint density at radius 2 is 1.82 bits per heavy atom. The molecule has 2 aromatic carbocycles. The number of benzene rings is 2. The van der Waals surface area contributed by atoms with Gasteiger partial charge in [-0.2, -0.15) is 0 Å². The van der Waals surface area contributed by atoms with Crippen LogP contribution in [0.5, 0.6) is 0 Å². The second-order valence-corrected chi connectivity index (χ2v) is 9.24. The number of hydrogen-bond donors (Lipinski definition) is 2. The highest BCUT2D eigenvalue weighted by Gasteiger charge is 2.29. The van der Waals surface area contributed by atoms with Gasteiger partial charge in [0.15, 0.2) is 0 Å². The molecule has 0 bridgehead atoms. The number of fused-ring (bicyclic) bond motifs is 2. The molecule has 0 unspecified atom stereocenters. The maximum Gasteiger partial charge on any atom is 0.254 e. The zero-order chi connectivity index (χ0) is 22.5. The SMILES string of the molecule is CN1CCc2cc(-c3cnc4[nH]cc(-c5ccc(C(=O)N6CC(O)C6)cc5)c4c3)ccc2C1. The first-order chi connectivity index (χ1) is 16.0. The lowest BCUT2D eigenvalue weighted by molar-refractivity contribution is 0.00590. The van der Waals surface area contributed by atoms with Crippen LogP contribution in [0.3, 0.4) is 0 Å². The van der Waals surface area contributed by atoms with Crippen molar-refractivity contribution < 1.29 is 9.90 Å². The first-order valence-corrected chi connectivity index (χ1v) is 11.4. The summed E-state index contributed by atoms with van der Waals surface area (Å²) in [6, 6.07) is 16.6. The molecule has 6 heteroatoms. The maximum absolute atomic E-state index is 12.5. The van der Waals surface area contributed by atoms with Gasteiger partial charge in [-0.15, -0.1) is 0 Å². The zero-order valence-corrected chi connectivity index (χ0v) is 18.6. The minimum atomic E-state index is -0.391. The number of aromatic nitrogens is 2. The number of nitrogens with zero attached hydrogens (tertiary/aromatic N) is 3. The molecular weight excluding hydrogens is 412 g/mol. The molecule has 0 atom stereocenters. The van der Waals surface area contributed by atoms with E-state index in [9.17, 15) is 9.90 Å². The Morgan fingerprint density at radius 3 is 2.61 bits per heavy atom. The van der Waals surface area contributed by atoms with E-state index in [1.165, 1.54) is 16.7 Å². The van der Waals surface area contributed by atoms with Crippen molar-refractivity contribution in [1.29, 1.82) is 0 Å². The number of aromatic amines is 1. The van der Waals surface area contributed by atoms with E-state index >= 15 is 0 Å². The molecule has 2 aliphatic heterocycles. The number of hydrogen-bond acceptors (Lipinski definition) is 4. The van der Waals surface area contributed by atoms with Crippen LogP contribution in [0.1, 0.15) is 21.5 Å². The van der Waals surface area contributed by atoms with Crippen LogP contribution in [-0.2, 0) is 13.0 Å². The van der Waals surface area contributed by atoms with Crippen molar-refractivity contribution in [2.24, 2.45) is 0 Å². The summed E-state index contributed by atoms with van der Waals surface area (Å²) in [5.74, 6) is -0.0340. The van der Waals surface area contributed by atoms with E-state index < -0.39 is 6.10 Å². The van der Waals surface area contributed by atoms with Gasteiger partial charge in [0.05, 0.1) is 6.10 Å². The smallest absolute Gasteiger partial charge is 0.254 e. The summed E-state index contributed by atoms with van der Waals surface area (Å²) in [7, 11) is 2.17. The van der Waals surface area contributed by atoms with E-state index in [0.717, 1.165) is 47.2 Å². The average Bonchev–Trinajstić information content (AvgIpc) is 3.24. The molecular formula is C27H26N4O2. The quantitative estimate of drug-likeness (QED) is 0.512. The van der Waals surface area contributed by atoms with Gasteiger partial charge in [-0.1, -0.05) is 30.3 Å². The number of H-pyrrole nitrogens is 1. The molecule has 6 nitrogen and oxygen atoms in total. The Labute approximate surface area is 192 Å². The minimum absolute atomic E-state index is 0.0340. The third-order valence-electron chi connectivity index (χ3n) is 6.87. The third-order valence-corrected chi connectivity index (χ3v) is 6.87. The van der Waals surface area contributed by atoms with E-state index in [1.54, 1.807) is 4.90 Å². The number of likely N-dealkylation sites (N-methyl/N-ethyl adjacent to an activating group) is 1. The summed E-state index contributed by atoms with van der Waals surface area (Å²) in [5.41, 5.74) is 8.73. The normalized spacial score (nSPS) is 16.6. The van der Waals surface area contributed by atoms with Crippen LogP contribution in [0.4, 0.5) is 0 Å². The molecule has 1 amide bonds. The number of carbonyl (C=O) groups excluding carboxylic acids is 1. The van der Waals surface area contributed by atoms with Gasteiger partial charge in [-0.05, 0) is 53.9 Å². The fraction of sp³-hybridized carbons (Fsp3) is 0.259. The van der Waals surface area contributed by atoms with Crippen LogP contribution < -0.4 is 0 Å². The molecule has 166 valence electrons. The first-order valence-electron chi connectivity index (χ1n) is 11.4. The van der Waals surface area contributed by atoms with Crippen molar-refractivity contribution >= 4 is 16.9 Å². The van der Waals surface area contributed by atoms with Gasteiger partial charge < -0.3 is 19.9 Å². The largest absolute Gasteiger partial charge is 0.389 e. The lowest BCUT2D eigenvalue weighted by atomic mass is 9.94. The predicted molar refractivity (Wildman–Crippen MR) is 129 cm³/mol. The number of likely N-dealkylation sites (tertiary alicyclic amines) is 1. The monoisotopic (exact) mass is 438 g/mol. The molecule has 2 aromatic heterocycles. The van der Waals surface area contributed by atoms with E-state index in [4.69, 9.17) is 0 Å². The predicted octanol–water partition coefficient (Wildman–Crippen LogP) is 3.70. The molecule has 6 rings (SSSR count). The number of carbonyl (C=O) groups is 1. The second-order valence-electron chi connectivity index (χ2n) is 9.24. The Bertz CT molecular complexity index is 1350. The molecule has 2 aliphatic rings. The lowest BCUT2D eigenvalue weighted by Gasteiger charge is -2.35. The topological polar surface area (TPSA) is 72.5 Å². The molecule has 0 saturated carbocycles. The highest BCUT2D eigenvalue weighted by atomic mass is 16.3. The second kappa shape index (κ2) is 7.83. The highest BCUT2D eigenvalue weighted by Crippen LogP contribution is 2.32. The molecule has 2 N–H and O–H groups in total. The highest BCUT2D eigenvalue weighted by molar-refractivity contribution is 5.98. The Hall–Kier alpha value is -3.48. The van der Waals surface area contributed by atoms with Crippen molar-refractivity contribution in [2.45, 2.75) is 19.1 Å². The fourth-order valence-electron chi connectivity index (χ4n) is 4.87. The lowest BCUT2D eigenvalue weighted by Crippen LogP contribution is -2.53. The number of nitrogens with one attached hydrogen (secondary N) is 1. The summed E-state index contributed by atoms with van der Waals surface area (Å²) in [4.78, 5) is 24.5. The van der Waals surface area contributed by atoms with Crippen molar-refractivity contribution in [1.82, 2.24) is 19.8 Å². The number of aliphatic hydroxyl groups excluding tert-OH is 1. The average molecular weight is 439 g/mol. The molecule has 0 aliphatic carbocycles. The molecule has 1 saturated heterocycles. The van der Waals surface area contributed by atoms with Crippen LogP contribution in [0, 0.1) is 0 Å². The Morgan fingerprint density at radius 1 is 1.03 bits per heavy atom. The number of β-amino-alcohol motifs (C(OH)–C–C–N with tert-alkyl or cyclic N) is 1. The number of pyridine rings is 1. The van der Waals surface area contributed by atoms with Crippen molar-refractivity contribution in [3.63, 3.8) is 0 Å². The molecule has 4 aromatic rings. The van der Waals surface area contributed by atoms with Gasteiger partial charge in [0.2, 0.25) is 0 Å². The van der Waals surface area contributed by atoms with Gasteiger partial charge in [0.25, 0.3) is 5.91 Å². The summed E-state index contributed by atoms with van der Waals surface area (Å²) in [6.45, 7) is 2.92. The Balaban J connectivity index is 1.31. The van der Waals surface area contributed by atoms with Crippen LogP contribution in [0.25, 0.3) is 33.3 Å². The van der Waals surface area contributed by atoms with Crippen LogP contribution in [0.2, 0.25) is 0 Å². The first kappa shape index (κ1) is 20.1. The van der Waals surface area contributed by atoms with Crippen molar-refractivity contribution in [2.75, 3.05) is 26.7 Å². The van der Waals surface area contributed by atoms with Gasteiger partial charge in [0, 0.05) is 60.6 Å². The number of amides is 1.